The zero-order valence-corrected chi connectivity index (χ0v) is 11.6. The number of rotatable bonds is 4. The lowest BCUT2D eigenvalue weighted by atomic mass is 10.2. The average molecular weight is 314 g/mol. The first-order valence-corrected chi connectivity index (χ1v) is 6.28. The van der Waals surface area contributed by atoms with Crippen LogP contribution in [0.1, 0.15) is 5.56 Å². The Labute approximate surface area is 124 Å². The average Bonchev–Trinajstić information content (AvgIpc) is 2.44. The fraction of sp³-hybridized carbons (Fsp3) is 0.0769. The van der Waals surface area contributed by atoms with Gasteiger partial charge in [0.15, 0.2) is 0 Å². The van der Waals surface area contributed by atoms with Gasteiger partial charge in [0.2, 0.25) is 0 Å². The summed E-state index contributed by atoms with van der Waals surface area (Å²) in [4.78, 5) is 10.1. The van der Waals surface area contributed by atoms with E-state index in [9.17, 15) is 15.2 Å². The van der Waals surface area contributed by atoms with Gasteiger partial charge in [-0.25, -0.2) is 0 Å². The highest BCUT2D eigenvalue weighted by Crippen LogP contribution is 2.36. The summed E-state index contributed by atoms with van der Waals surface area (Å²) < 4.78 is 5.55. The van der Waals surface area contributed by atoms with Crippen molar-refractivity contribution in [3.63, 3.8) is 0 Å². The summed E-state index contributed by atoms with van der Waals surface area (Å²) in [6, 6.07) is 8.81. The molecule has 0 atom stereocenters. The Kier molecular flexibility index (Phi) is 4.44. The molecule has 0 spiro atoms. The Morgan fingerprint density at radius 1 is 1.20 bits per heavy atom. The van der Waals surface area contributed by atoms with Gasteiger partial charge < -0.3 is 9.84 Å². The van der Waals surface area contributed by atoms with Crippen LogP contribution in [0.4, 0.5) is 5.69 Å². The molecule has 0 radical (unpaired) electrons. The highest BCUT2D eigenvalue weighted by molar-refractivity contribution is 6.42. The minimum atomic E-state index is -0.546. The number of non-ortho nitro benzene ring substituents is 1. The van der Waals surface area contributed by atoms with E-state index in [0.29, 0.717) is 10.8 Å². The maximum atomic E-state index is 10.7. The molecule has 0 aliphatic rings. The van der Waals surface area contributed by atoms with E-state index in [4.69, 9.17) is 27.9 Å². The van der Waals surface area contributed by atoms with Crippen LogP contribution >= 0.6 is 23.2 Å². The van der Waals surface area contributed by atoms with Gasteiger partial charge in [-0.2, -0.15) is 0 Å². The number of aliphatic hydroxyl groups is 1. The van der Waals surface area contributed by atoms with Crippen molar-refractivity contribution in [1.29, 1.82) is 0 Å². The van der Waals surface area contributed by atoms with E-state index in [1.807, 2.05) is 0 Å². The molecular weight excluding hydrogens is 305 g/mol. The van der Waals surface area contributed by atoms with E-state index >= 15 is 0 Å². The molecule has 7 heteroatoms. The first-order chi connectivity index (χ1) is 9.52. The first kappa shape index (κ1) is 14.6. The molecule has 0 heterocycles. The van der Waals surface area contributed by atoms with Gasteiger partial charge in [0, 0.05) is 17.7 Å². The molecule has 0 aliphatic heterocycles. The number of nitro groups is 1. The Hall–Kier alpha value is -1.82. The van der Waals surface area contributed by atoms with Gasteiger partial charge in [-0.05, 0) is 18.2 Å². The van der Waals surface area contributed by atoms with Gasteiger partial charge in [0.1, 0.15) is 16.5 Å². The number of nitro benzene ring substituents is 1. The second-order valence-corrected chi connectivity index (χ2v) is 4.65. The Morgan fingerprint density at radius 3 is 2.60 bits per heavy atom. The van der Waals surface area contributed by atoms with Crippen molar-refractivity contribution < 1.29 is 14.8 Å². The van der Waals surface area contributed by atoms with Crippen molar-refractivity contribution >= 4 is 28.9 Å². The second kappa shape index (κ2) is 6.09. The third-order valence-corrected chi connectivity index (χ3v) is 3.36. The summed E-state index contributed by atoms with van der Waals surface area (Å²) in [5, 5.41) is 20.5. The quantitative estimate of drug-likeness (QED) is 0.678. The number of ether oxygens (including phenoxy) is 1. The zero-order valence-electron chi connectivity index (χ0n) is 10.0. The monoisotopic (exact) mass is 313 g/mol. The largest absolute Gasteiger partial charge is 0.455 e. The predicted molar refractivity (Wildman–Crippen MR) is 75.6 cm³/mol. The van der Waals surface area contributed by atoms with Crippen LogP contribution in [0.15, 0.2) is 36.4 Å². The molecule has 5 nitrogen and oxygen atoms in total. The molecule has 0 saturated heterocycles. The van der Waals surface area contributed by atoms with Crippen LogP contribution in [-0.2, 0) is 6.61 Å². The van der Waals surface area contributed by atoms with E-state index in [2.05, 4.69) is 0 Å². The number of hydrogen-bond acceptors (Lipinski definition) is 4. The molecule has 0 amide bonds. The van der Waals surface area contributed by atoms with Crippen LogP contribution in [0, 0.1) is 10.1 Å². The predicted octanol–water partition coefficient (Wildman–Crippen LogP) is 4.19. The molecule has 0 bridgehead atoms. The van der Waals surface area contributed by atoms with Crippen molar-refractivity contribution in [2.24, 2.45) is 0 Å². The molecule has 0 aromatic heterocycles. The fourth-order valence-corrected chi connectivity index (χ4v) is 1.91. The Morgan fingerprint density at radius 2 is 1.95 bits per heavy atom. The van der Waals surface area contributed by atoms with E-state index in [1.54, 1.807) is 18.2 Å². The number of aliphatic hydroxyl groups excluding tert-OH is 1. The van der Waals surface area contributed by atoms with Gasteiger partial charge in [-0.1, -0.05) is 29.3 Å². The number of nitrogens with zero attached hydrogens (tertiary/aromatic N) is 1. The smallest absolute Gasteiger partial charge is 0.270 e. The Balaban J connectivity index is 2.38. The minimum Gasteiger partial charge on any atom is -0.455 e. The number of halogens is 2. The van der Waals surface area contributed by atoms with Crippen LogP contribution in [-0.4, -0.2) is 10.0 Å². The number of benzene rings is 2. The van der Waals surface area contributed by atoms with E-state index in [-0.39, 0.29) is 22.0 Å². The maximum absolute atomic E-state index is 10.7. The highest BCUT2D eigenvalue weighted by atomic mass is 35.5. The van der Waals surface area contributed by atoms with Crippen LogP contribution in [0.25, 0.3) is 0 Å². The summed E-state index contributed by atoms with van der Waals surface area (Å²) in [7, 11) is 0. The lowest BCUT2D eigenvalue weighted by Crippen LogP contribution is -1.95. The van der Waals surface area contributed by atoms with Crippen molar-refractivity contribution in [3.05, 3.63) is 62.1 Å². The molecule has 20 heavy (non-hydrogen) atoms. The summed E-state index contributed by atoms with van der Waals surface area (Å²) in [6.45, 7) is -0.394. The normalized spacial score (nSPS) is 10.3. The molecule has 2 aromatic rings. The minimum absolute atomic E-state index is 0.126. The SMILES string of the molecule is O=[N+]([O-])c1ccc(Oc2cccc(Cl)c2Cl)c(CO)c1. The zero-order chi connectivity index (χ0) is 14.7. The lowest BCUT2D eigenvalue weighted by molar-refractivity contribution is -0.385. The van der Waals surface area contributed by atoms with Gasteiger partial charge in [-0.3, -0.25) is 10.1 Å². The van der Waals surface area contributed by atoms with E-state index in [0.717, 1.165) is 0 Å². The summed E-state index contributed by atoms with van der Waals surface area (Å²) in [6.07, 6.45) is 0. The molecule has 2 rings (SSSR count). The van der Waals surface area contributed by atoms with Gasteiger partial charge in [0.05, 0.1) is 16.6 Å². The third-order valence-electron chi connectivity index (χ3n) is 2.56. The Bertz CT molecular complexity index is 661. The van der Waals surface area contributed by atoms with Crippen molar-refractivity contribution in [3.8, 4) is 11.5 Å². The molecule has 104 valence electrons. The molecular formula is C13H9Cl2NO4. The number of hydrogen-bond donors (Lipinski definition) is 1. The molecule has 0 aliphatic carbocycles. The topological polar surface area (TPSA) is 72.6 Å². The van der Waals surface area contributed by atoms with Crippen molar-refractivity contribution in [1.82, 2.24) is 0 Å². The summed E-state index contributed by atoms with van der Waals surface area (Å²) in [5.41, 5.74) is 0.161. The lowest BCUT2D eigenvalue weighted by Gasteiger charge is -2.11. The van der Waals surface area contributed by atoms with Crippen LogP contribution in [0.2, 0.25) is 10.0 Å². The van der Waals surface area contributed by atoms with Gasteiger partial charge in [-0.15, -0.1) is 0 Å². The molecule has 0 fully saturated rings. The fourth-order valence-electron chi connectivity index (χ4n) is 1.58. The van der Waals surface area contributed by atoms with Crippen LogP contribution < -0.4 is 4.74 Å². The van der Waals surface area contributed by atoms with Crippen LogP contribution in [0.5, 0.6) is 11.5 Å². The van der Waals surface area contributed by atoms with Gasteiger partial charge >= 0.3 is 0 Å². The third kappa shape index (κ3) is 3.01. The summed E-state index contributed by atoms with van der Waals surface area (Å²) in [5.74, 6) is 0.588. The van der Waals surface area contributed by atoms with Crippen molar-refractivity contribution in [2.45, 2.75) is 6.61 Å². The first-order valence-electron chi connectivity index (χ1n) is 5.53. The van der Waals surface area contributed by atoms with Gasteiger partial charge in [0.25, 0.3) is 5.69 Å². The molecule has 0 unspecified atom stereocenters. The van der Waals surface area contributed by atoms with E-state index < -0.39 is 11.5 Å². The summed E-state index contributed by atoms with van der Waals surface area (Å²) >= 11 is 11.9. The van der Waals surface area contributed by atoms with E-state index in [1.165, 1.54) is 18.2 Å². The molecule has 2 aromatic carbocycles. The van der Waals surface area contributed by atoms with Crippen molar-refractivity contribution in [2.75, 3.05) is 0 Å². The standard InChI is InChI=1S/C13H9Cl2NO4/c14-10-2-1-3-12(13(10)15)20-11-5-4-9(16(18)19)6-8(11)7-17/h1-6,17H,7H2. The molecule has 0 saturated carbocycles. The molecule has 1 N–H and O–H groups in total. The maximum Gasteiger partial charge on any atom is 0.270 e. The van der Waals surface area contributed by atoms with Crippen LogP contribution in [0.3, 0.4) is 0 Å². The highest BCUT2D eigenvalue weighted by Gasteiger charge is 2.13. The second-order valence-electron chi connectivity index (χ2n) is 3.86.